The summed E-state index contributed by atoms with van der Waals surface area (Å²) in [6, 6.07) is 5.27. The molecule has 1 aromatic carbocycles. The SMILES string of the molecule is COC(=O)[C@@H](NC(=O)CN1CCN(C[C@H](O)COc2ccc3sc(C)nc3c2)CC1)C1CCCCC1. The maximum Gasteiger partial charge on any atom is 0.328 e. The molecular formula is C26H38N4O5S. The zero-order valence-corrected chi connectivity index (χ0v) is 22.1. The van der Waals surface area contributed by atoms with Crippen molar-refractivity contribution in [1.29, 1.82) is 0 Å². The van der Waals surface area contributed by atoms with Crippen molar-refractivity contribution in [1.82, 2.24) is 20.1 Å². The number of methoxy groups -OCH3 is 1. The Morgan fingerprint density at radius 2 is 1.89 bits per heavy atom. The second-order valence-corrected chi connectivity index (χ2v) is 11.1. The summed E-state index contributed by atoms with van der Waals surface area (Å²) >= 11 is 1.65. The van der Waals surface area contributed by atoms with Gasteiger partial charge in [0.1, 0.15) is 24.5 Å². The number of carbonyl (C=O) groups is 2. The molecule has 0 unspecified atom stereocenters. The highest BCUT2D eigenvalue weighted by molar-refractivity contribution is 7.18. The van der Waals surface area contributed by atoms with Crippen molar-refractivity contribution in [3.8, 4) is 5.75 Å². The molecule has 9 nitrogen and oxygen atoms in total. The number of hydrogen-bond acceptors (Lipinski definition) is 9. The Hall–Kier alpha value is -2.27. The van der Waals surface area contributed by atoms with Gasteiger partial charge in [0.25, 0.3) is 0 Å². The Bertz CT molecular complexity index is 1020. The lowest BCUT2D eigenvalue weighted by Crippen LogP contribution is -2.54. The number of aryl methyl sites for hydroxylation is 1. The first-order valence-electron chi connectivity index (χ1n) is 12.9. The molecule has 0 bridgehead atoms. The summed E-state index contributed by atoms with van der Waals surface area (Å²) in [6.07, 6.45) is 4.66. The molecule has 0 radical (unpaired) electrons. The van der Waals surface area contributed by atoms with E-state index in [1.165, 1.54) is 13.5 Å². The lowest BCUT2D eigenvalue weighted by atomic mass is 9.84. The third-order valence-electron chi connectivity index (χ3n) is 7.10. The van der Waals surface area contributed by atoms with Crippen LogP contribution in [0.2, 0.25) is 0 Å². The summed E-state index contributed by atoms with van der Waals surface area (Å²) in [7, 11) is 1.38. The first-order chi connectivity index (χ1) is 17.4. The average Bonchev–Trinajstić information content (AvgIpc) is 3.26. The molecule has 198 valence electrons. The number of benzene rings is 1. The third kappa shape index (κ3) is 7.38. The number of nitrogens with zero attached hydrogens (tertiary/aromatic N) is 3. The minimum Gasteiger partial charge on any atom is -0.491 e. The molecule has 0 spiro atoms. The first-order valence-corrected chi connectivity index (χ1v) is 13.7. The Morgan fingerprint density at radius 3 is 2.61 bits per heavy atom. The topological polar surface area (TPSA) is 104 Å². The van der Waals surface area contributed by atoms with Gasteiger partial charge >= 0.3 is 5.97 Å². The number of thiazole rings is 1. The van der Waals surface area contributed by atoms with Crippen molar-refractivity contribution < 1.29 is 24.2 Å². The van der Waals surface area contributed by atoms with Gasteiger partial charge in [-0.3, -0.25) is 14.6 Å². The summed E-state index contributed by atoms with van der Waals surface area (Å²) in [5, 5.41) is 14.5. The van der Waals surface area contributed by atoms with Crippen molar-refractivity contribution in [2.24, 2.45) is 5.92 Å². The molecule has 1 aliphatic carbocycles. The van der Waals surface area contributed by atoms with Gasteiger partial charge in [-0.2, -0.15) is 0 Å². The largest absolute Gasteiger partial charge is 0.491 e. The molecular weight excluding hydrogens is 480 g/mol. The van der Waals surface area contributed by atoms with E-state index in [-0.39, 0.29) is 30.9 Å². The molecule has 2 aliphatic rings. The molecule has 2 N–H and O–H groups in total. The molecule has 2 atom stereocenters. The zero-order chi connectivity index (χ0) is 25.5. The van der Waals surface area contributed by atoms with Crippen LogP contribution in [0.4, 0.5) is 0 Å². The number of esters is 1. The molecule has 2 aromatic rings. The normalized spacial score (nSPS) is 19.6. The molecule has 4 rings (SSSR count). The van der Waals surface area contributed by atoms with Crippen LogP contribution in [0.3, 0.4) is 0 Å². The van der Waals surface area contributed by atoms with E-state index in [0.29, 0.717) is 12.3 Å². The van der Waals surface area contributed by atoms with Crippen molar-refractivity contribution in [3.63, 3.8) is 0 Å². The van der Waals surface area contributed by atoms with E-state index < -0.39 is 12.1 Å². The number of aromatic nitrogens is 1. The molecule has 1 aromatic heterocycles. The van der Waals surface area contributed by atoms with Gasteiger partial charge in [0.2, 0.25) is 5.91 Å². The Labute approximate surface area is 216 Å². The zero-order valence-electron chi connectivity index (χ0n) is 21.3. The molecule has 36 heavy (non-hydrogen) atoms. The van der Waals surface area contributed by atoms with E-state index in [0.717, 1.165) is 67.1 Å². The highest BCUT2D eigenvalue weighted by Gasteiger charge is 2.32. The van der Waals surface area contributed by atoms with Crippen molar-refractivity contribution in [2.75, 3.05) is 53.0 Å². The second kappa shape index (κ2) is 12.8. The fourth-order valence-electron chi connectivity index (χ4n) is 5.17. The van der Waals surface area contributed by atoms with Crippen LogP contribution in [0.1, 0.15) is 37.1 Å². The second-order valence-electron chi connectivity index (χ2n) is 9.87. The van der Waals surface area contributed by atoms with E-state index in [1.54, 1.807) is 11.3 Å². The Balaban J connectivity index is 1.17. The molecule has 1 saturated heterocycles. The lowest BCUT2D eigenvalue weighted by Gasteiger charge is -2.35. The minimum absolute atomic E-state index is 0.134. The predicted molar refractivity (Wildman–Crippen MR) is 139 cm³/mol. The standard InChI is InChI=1S/C26H38N4O5S/c1-18-27-22-14-21(8-9-23(22)36-18)35-17-20(31)15-29-10-12-30(13-11-29)16-24(32)28-25(26(33)34-2)19-6-4-3-5-7-19/h8-9,14,19-20,25,31H,3-7,10-13,15-17H2,1-2H3,(H,28,32)/t20-,25-/m0/s1. The van der Waals surface area contributed by atoms with Crippen LogP contribution in [0, 0.1) is 12.8 Å². The number of piperazine rings is 1. The number of rotatable bonds is 10. The van der Waals surface area contributed by atoms with Gasteiger partial charge in [0.15, 0.2) is 0 Å². The number of aliphatic hydroxyl groups excluding tert-OH is 1. The van der Waals surface area contributed by atoms with E-state index >= 15 is 0 Å². The number of fused-ring (bicyclic) bond motifs is 1. The first kappa shape index (κ1) is 26.8. The van der Waals surface area contributed by atoms with Gasteiger partial charge in [0.05, 0.1) is 28.9 Å². The van der Waals surface area contributed by atoms with Crippen LogP contribution >= 0.6 is 11.3 Å². The number of amides is 1. The highest BCUT2D eigenvalue weighted by atomic mass is 32.1. The highest BCUT2D eigenvalue weighted by Crippen LogP contribution is 2.27. The van der Waals surface area contributed by atoms with Crippen LogP contribution < -0.4 is 10.1 Å². The van der Waals surface area contributed by atoms with Crippen LogP contribution in [0.5, 0.6) is 5.75 Å². The molecule has 1 amide bonds. The lowest BCUT2D eigenvalue weighted by molar-refractivity contribution is -0.147. The van der Waals surface area contributed by atoms with E-state index in [2.05, 4.69) is 20.1 Å². The van der Waals surface area contributed by atoms with E-state index in [1.807, 2.05) is 25.1 Å². The number of ether oxygens (including phenoxy) is 2. The van der Waals surface area contributed by atoms with Gasteiger partial charge in [0, 0.05) is 38.8 Å². The number of aliphatic hydroxyl groups is 1. The van der Waals surface area contributed by atoms with E-state index in [4.69, 9.17) is 9.47 Å². The summed E-state index contributed by atoms with van der Waals surface area (Å²) in [5.74, 6) is 0.382. The van der Waals surface area contributed by atoms with Gasteiger partial charge in [-0.15, -0.1) is 11.3 Å². The summed E-state index contributed by atoms with van der Waals surface area (Å²) in [4.78, 5) is 33.8. The van der Waals surface area contributed by atoms with Gasteiger partial charge in [-0.1, -0.05) is 19.3 Å². The van der Waals surface area contributed by atoms with Crippen LogP contribution in [0.15, 0.2) is 18.2 Å². The average molecular weight is 519 g/mol. The van der Waals surface area contributed by atoms with Crippen LogP contribution in [0.25, 0.3) is 10.2 Å². The molecule has 1 saturated carbocycles. The fraction of sp³-hybridized carbons (Fsp3) is 0.654. The van der Waals surface area contributed by atoms with Crippen molar-refractivity contribution in [2.45, 2.75) is 51.2 Å². The Morgan fingerprint density at radius 1 is 1.17 bits per heavy atom. The predicted octanol–water partition coefficient (Wildman–Crippen LogP) is 2.20. The maximum atomic E-state index is 12.7. The van der Waals surface area contributed by atoms with Gasteiger partial charge < -0.3 is 19.9 Å². The number of carbonyl (C=O) groups excluding carboxylic acids is 2. The molecule has 2 fully saturated rings. The smallest absolute Gasteiger partial charge is 0.328 e. The van der Waals surface area contributed by atoms with Gasteiger partial charge in [-0.25, -0.2) is 9.78 Å². The third-order valence-corrected chi connectivity index (χ3v) is 8.05. The van der Waals surface area contributed by atoms with Gasteiger partial charge in [-0.05, 0) is 37.8 Å². The molecule has 10 heteroatoms. The number of nitrogens with one attached hydrogen (secondary N) is 1. The summed E-state index contributed by atoms with van der Waals surface area (Å²) in [5.41, 5.74) is 0.918. The quantitative estimate of drug-likeness (QED) is 0.462. The van der Waals surface area contributed by atoms with E-state index in [9.17, 15) is 14.7 Å². The van der Waals surface area contributed by atoms with Crippen LogP contribution in [-0.4, -0.2) is 96.9 Å². The summed E-state index contributed by atoms with van der Waals surface area (Å²) < 4.78 is 11.9. The summed E-state index contributed by atoms with van der Waals surface area (Å²) in [6.45, 7) is 5.96. The van der Waals surface area contributed by atoms with Crippen LogP contribution in [-0.2, 0) is 14.3 Å². The van der Waals surface area contributed by atoms with Crippen molar-refractivity contribution >= 4 is 33.4 Å². The molecule has 2 heterocycles. The Kier molecular flexibility index (Phi) is 9.53. The monoisotopic (exact) mass is 518 g/mol. The van der Waals surface area contributed by atoms with Crippen molar-refractivity contribution in [3.05, 3.63) is 23.2 Å². The number of hydrogen-bond donors (Lipinski definition) is 2. The minimum atomic E-state index is -0.607. The molecule has 1 aliphatic heterocycles. The maximum absolute atomic E-state index is 12.7. The number of β-amino-alcohol motifs (C(OH)–C–C–N with tert-alkyl or cyclic N) is 1. The fourth-order valence-corrected chi connectivity index (χ4v) is 5.98.